The van der Waals surface area contributed by atoms with Crippen molar-refractivity contribution in [3.8, 4) is 45.3 Å². The molecule has 52 heavy (non-hydrogen) atoms. The zero-order valence-electron chi connectivity index (χ0n) is 32.9. The molecule has 278 valence electrons. The molecule has 2 heterocycles. The molecule has 0 spiro atoms. The number of rotatable bonds is 18. The van der Waals surface area contributed by atoms with Gasteiger partial charge in [-0.3, -0.25) is 0 Å². The van der Waals surface area contributed by atoms with Gasteiger partial charge in [0.1, 0.15) is 48.4 Å². The Hall–Kier alpha value is -4.00. The zero-order valence-corrected chi connectivity index (χ0v) is 32.9. The third kappa shape index (κ3) is 9.70. The van der Waals surface area contributed by atoms with Crippen molar-refractivity contribution in [3.05, 3.63) is 93.0 Å². The maximum atomic E-state index is 6.52. The molecule has 3 atom stereocenters. The first-order valence-electron chi connectivity index (χ1n) is 19.2. The predicted molar refractivity (Wildman–Crippen MR) is 211 cm³/mol. The molecular formula is C46H58O6. The second-order valence-electron chi connectivity index (χ2n) is 15.3. The summed E-state index contributed by atoms with van der Waals surface area (Å²) in [5.41, 5.74) is 14.2. The van der Waals surface area contributed by atoms with Gasteiger partial charge in [-0.25, -0.2) is 0 Å². The van der Waals surface area contributed by atoms with Gasteiger partial charge in [-0.05, 0) is 197 Å². The highest BCUT2D eigenvalue weighted by molar-refractivity contribution is 5.71. The van der Waals surface area contributed by atoms with Crippen LogP contribution in [0.1, 0.15) is 83.5 Å². The molecule has 2 saturated heterocycles. The summed E-state index contributed by atoms with van der Waals surface area (Å²) in [6, 6.07) is 17.9. The maximum absolute atomic E-state index is 6.52. The van der Waals surface area contributed by atoms with Gasteiger partial charge in [0.2, 0.25) is 0 Å². The Morgan fingerprint density at radius 3 is 1.17 bits per heavy atom. The first-order chi connectivity index (χ1) is 25.0. The molecule has 0 bridgehead atoms. The number of benzene rings is 4. The fraction of sp³-hybridized carbons (Fsp3) is 0.478. The molecule has 2 fully saturated rings. The minimum Gasteiger partial charge on any atom is -0.493 e. The number of ether oxygens (including phenoxy) is 6. The lowest BCUT2D eigenvalue weighted by Gasteiger charge is -2.20. The van der Waals surface area contributed by atoms with Crippen molar-refractivity contribution in [2.24, 2.45) is 0 Å². The molecule has 6 heteroatoms. The van der Waals surface area contributed by atoms with Crippen LogP contribution in [0.3, 0.4) is 0 Å². The van der Waals surface area contributed by atoms with Crippen molar-refractivity contribution < 1.29 is 28.4 Å². The zero-order chi connectivity index (χ0) is 36.9. The number of epoxide rings is 2. The third-order valence-corrected chi connectivity index (χ3v) is 10.2. The predicted octanol–water partition coefficient (Wildman–Crippen LogP) is 10.8. The molecule has 0 radical (unpaired) electrons. The Labute approximate surface area is 311 Å². The van der Waals surface area contributed by atoms with Gasteiger partial charge in [0, 0.05) is 0 Å². The van der Waals surface area contributed by atoms with E-state index in [4.69, 9.17) is 28.4 Å². The topological polar surface area (TPSA) is 62.0 Å². The van der Waals surface area contributed by atoms with E-state index in [0.29, 0.717) is 13.2 Å². The minimum absolute atomic E-state index is 0.160. The van der Waals surface area contributed by atoms with Gasteiger partial charge in [-0.2, -0.15) is 0 Å². The summed E-state index contributed by atoms with van der Waals surface area (Å²) >= 11 is 0. The summed E-state index contributed by atoms with van der Waals surface area (Å²) in [5, 5.41) is 0. The summed E-state index contributed by atoms with van der Waals surface area (Å²) in [4.78, 5) is 0. The fourth-order valence-corrected chi connectivity index (χ4v) is 7.34. The summed E-state index contributed by atoms with van der Waals surface area (Å²) < 4.78 is 35.6. The Morgan fingerprint density at radius 1 is 0.481 bits per heavy atom. The van der Waals surface area contributed by atoms with E-state index in [2.05, 4.69) is 111 Å². The first-order valence-corrected chi connectivity index (χ1v) is 19.2. The van der Waals surface area contributed by atoms with Gasteiger partial charge in [0.25, 0.3) is 0 Å². The van der Waals surface area contributed by atoms with E-state index in [1.54, 1.807) is 0 Å². The fourth-order valence-electron chi connectivity index (χ4n) is 7.34. The monoisotopic (exact) mass is 706 g/mol. The summed E-state index contributed by atoms with van der Waals surface area (Å²) in [6.07, 6.45) is 6.20. The summed E-state index contributed by atoms with van der Waals surface area (Å²) in [6.45, 7) is 22.9. The highest BCUT2D eigenvalue weighted by Crippen LogP contribution is 2.37. The number of aryl methyl sites for hydroxylation is 8. The summed E-state index contributed by atoms with van der Waals surface area (Å²) in [5.74, 6) is 3.96. The van der Waals surface area contributed by atoms with E-state index < -0.39 is 0 Å². The normalized spacial score (nSPS) is 16.8. The van der Waals surface area contributed by atoms with E-state index in [1.807, 2.05) is 0 Å². The average Bonchev–Trinajstić information content (AvgIpc) is 4.02. The number of unbranched alkanes of at least 4 members (excludes halogenated alkanes) is 3. The second kappa shape index (κ2) is 16.8. The van der Waals surface area contributed by atoms with Crippen LogP contribution in [0.2, 0.25) is 0 Å². The standard InChI is InChI=1S/C46H58O6/c1-28-16-37(38-18-30(3)44(31(4)19-38)50-26-41-24-48-41)17-29(2)43(28)47-15-13-11-10-12-14-36(9)52-46-34(7)22-40(23-35(46)8)39-20-32(5)45(33(6)21-39)51-27-42-25-49-42/h16-23,36,41-42H,10-15,24-27H2,1-9H3. The van der Waals surface area contributed by atoms with E-state index in [1.165, 1.54) is 50.9 Å². The van der Waals surface area contributed by atoms with Crippen LogP contribution in [-0.2, 0) is 9.47 Å². The van der Waals surface area contributed by atoms with Gasteiger partial charge >= 0.3 is 0 Å². The van der Waals surface area contributed by atoms with Crippen molar-refractivity contribution >= 4 is 0 Å². The van der Waals surface area contributed by atoms with Gasteiger partial charge in [-0.1, -0.05) is 12.8 Å². The highest BCUT2D eigenvalue weighted by atomic mass is 16.6. The van der Waals surface area contributed by atoms with Crippen molar-refractivity contribution in [1.29, 1.82) is 0 Å². The van der Waals surface area contributed by atoms with Crippen LogP contribution in [0, 0.1) is 55.4 Å². The molecule has 6 nitrogen and oxygen atoms in total. The largest absolute Gasteiger partial charge is 0.493 e. The van der Waals surface area contributed by atoms with E-state index in [9.17, 15) is 0 Å². The van der Waals surface area contributed by atoms with Crippen LogP contribution < -0.4 is 18.9 Å². The molecule has 4 aromatic rings. The van der Waals surface area contributed by atoms with Crippen molar-refractivity contribution in [1.82, 2.24) is 0 Å². The van der Waals surface area contributed by atoms with E-state index in [0.717, 1.165) is 90.8 Å². The van der Waals surface area contributed by atoms with E-state index in [-0.39, 0.29) is 18.3 Å². The van der Waals surface area contributed by atoms with Crippen molar-refractivity contribution in [2.45, 2.75) is 113 Å². The van der Waals surface area contributed by atoms with Crippen molar-refractivity contribution in [3.63, 3.8) is 0 Å². The quantitative estimate of drug-likeness (QED) is 0.0758. The smallest absolute Gasteiger partial charge is 0.125 e. The molecule has 2 aliphatic heterocycles. The van der Waals surface area contributed by atoms with Crippen LogP contribution in [0.15, 0.2) is 48.5 Å². The lowest BCUT2D eigenvalue weighted by atomic mass is 9.96. The number of hydrogen-bond acceptors (Lipinski definition) is 6. The Morgan fingerprint density at radius 2 is 0.808 bits per heavy atom. The van der Waals surface area contributed by atoms with Gasteiger partial charge in [-0.15, -0.1) is 0 Å². The minimum atomic E-state index is 0.160. The molecule has 4 aromatic carbocycles. The first kappa shape index (κ1) is 37.7. The van der Waals surface area contributed by atoms with Crippen LogP contribution in [0.4, 0.5) is 0 Å². The average molecular weight is 707 g/mol. The lowest BCUT2D eigenvalue weighted by Crippen LogP contribution is -2.13. The lowest BCUT2D eigenvalue weighted by molar-refractivity contribution is 0.203. The molecule has 0 saturated carbocycles. The SMILES string of the molecule is Cc1cc(-c2cc(C)c(OCC3CO3)c(C)c2)cc(C)c1OCCCCCCC(C)Oc1c(C)cc(-c2cc(C)c(OCC3CO3)c(C)c2)cc1C. The summed E-state index contributed by atoms with van der Waals surface area (Å²) in [7, 11) is 0. The van der Waals surface area contributed by atoms with E-state index >= 15 is 0 Å². The van der Waals surface area contributed by atoms with Gasteiger partial charge < -0.3 is 28.4 Å². The Kier molecular flexibility index (Phi) is 12.2. The molecule has 0 aromatic heterocycles. The molecule has 0 N–H and O–H groups in total. The molecule has 3 unspecified atom stereocenters. The Balaban J connectivity index is 0.934. The third-order valence-electron chi connectivity index (χ3n) is 10.2. The van der Waals surface area contributed by atoms with Crippen molar-refractivity contribution in [2.75, 3.05) is 33.0 Å². The van der Waals surface area contributed by atoms with Crippen LogP contribution in [0.5, 0.6) is 23.0 Å². The molecular weight excluding hydrogens is 649 g/mol. The maximum Gasteiger partial charge on any atom is 0.125 e. The number of hydrogen-bond donors (Lipinski definition) is 0. The molecule has 6 rings (SSSR count). The molecule has 0 amide bonds. The van der Waals surface area contributed by atoms with Gasteiger partial charge in [0.05, 0.1) is 25.9 Å². The Bertz CT molecular complexity index is 1780. The van der Waals surface area contributed by atoms with Crippen LogP contribution in [0.25, 0.3) is 22.3 Å². The molecule has 2 aliphatic rings. The van der Waals surface area contributed by atoms with Gasteiger partial charge in [0.15, 0.2) is 0 Å². The van der Waals surface area contributed by atoms with Crippen LogP contribution in [-0.4, -0.2) is 51.3 Å². The second-order valence-corrected chi connectivity index (χ2v) is 15.3. The highest BCUT2D eigenvalue weighted by Gasteiger charge is 2.25. The molecule has 0 aliphatic carbocycles. The van der Waals surface area contributed by atoms with Crippen LogP contribution >= 0.6 is 0 Å².